The third kappa shape index (κ3) is 4.48. The van der Waals surface area contributed by atoms with Gasteiger partial charge in [0.1, 0.15) is 23.0 Å². The Bertz CT molecular complexity index is 1150. The first-order valence-corrected chi connectivity index (χ1v) is 10.7. The summed E-state index contributed by atoms with van der Waals surface area (Å²) in [7, 11) is 1.56. The van der Waals surface area contributed by atoms with Crippen molar-refractivity contribution in [2.75, 3.05) is 13.7 Å². The van der Waals surface area contributed by atoms with Gasteiger partial charge in [-0.2, -0.15) is 0 Å². The Balaban J connectivity index is 1.77. The Morgan fingerprint density at radius 2 is 1.73 bits per heavy atom. The summed E-state index contributed by atoms with van der Waals surface area (Å²) in [6.07, 6.45) is 2.39. The largest absolute Gasteiger partial charge is 0.507 e. The number of likely N-dealkylation sites (tertiary alicyclic amines) is 1. The third-order valence-corrected chi connectivity index (χ3v) is 5.48. The summed E-state index contributed by atoms with van der Waals surface area (Å²) in [5.41, 5.74) is 1.12. The molecule has 7 nitrogen and oxygen atoms in total. The lowest BCUT2D eigenvalue weighted by molar-refractivity contribution is -0.140. The first-order valence-electron chi connectivity index (χ1n) is 10.7. The van der Waals surface area contributed by atoms with Crippen LogP contribution < -0.4 is 9.47 Å². The van der Waals surface area contributed by atoms with Crippen LogP contribution in [0.15, 0.2) is 76.9 Å². The molecule has 1 aromatic heterocycles. The van der Waals surface area contributed by atoms with Crippen LogP contribution in [0.5, 0.6) is 11.5 Å². The molecular formula is C26H25NO6. The van der Waals surface area contributed by atoms with Crippen molar-refractivity contribution in [3.05, 3.63) is 89.4 Å². The molecule has 33 heavy (non-hydrogen) atoms. The lowest BCUT2D eigenvalue weighted by Crippen LogP contribution is -2.29. The smallest absolute Gasteiger partial charge is 0.296 e. The molecule has 170 valence electrons. The first-order chi connectivity index (χ1) is 16.0. The maximum atomic E-state index is 13.1. The molecule has 1 fully saturated rings. The minimum atomic E-state index is -0.781. The molecule has 1 saturated heterocycles. The van der Waals surface area contributed by atoms with E-state index in [0.29, 0.717) is 35.0 Å². The van der Waals surface area contributed by atoms with Crippen LogP contribution in [-0.2, 0) is 16.1 Å². The number of aliphatic hydroxyl groups excluding tert-OH is 1. The maximum Gasteiger partial charge on any atom is 0.296 e. The number of furan rings is 1. The lowest BCUT2D eigenvalue weighted by Gasteiger charge is -2.24. The molecule has 1 amide bonds. The van der Waals surface area contributed by atoms with Crippen LogP contribution in [0.25, 0.3) is 5.76 Å². The van der Waals surface area contributed by atoms with Gasteiger partial charge in [0.2, 0.25) is 0 Å². The second kappa shape index (κ2) is 9.65. The minimum absolute atomic E-state index is 0.0268. The third-order valence-electron chi connectivity index (χ3n) is 5.48. The zero-order valence-corrected chi connectivity index (χ0v) is 18.5. The molecule has 3 aromatic rings. The van der Waals surface area contributed by atoms with Crippen molar-refractivity contribution in [1.82, 2.24) is 4.90 Å². The molecule has 1 aliphatic rings. The normalized spacial score (nSPS) is 17.4. The predicted octanol–water partition coefficient (Wildman–Crippen LogP) is 4.70. The minimum Gasteiger partial charge on any atom is -0.507 e. The van der Waals surface area contributed by atoms with Gasteiger partial charge in [0, 0.05) is 5.56 Å². The van der Waals surface area contributed by atoms with Gasteiger partial charge in [-0.3, -0.25) is 9.59 Å². The molecule has 4 rings (SSSR count). The summed E-state index contributed by atoms with van der Waals surface area (Å²) in [5.74, 6) is 0.164. The molecule has 0 bridgehead atoms. The molecule has 0 spiro atoms. The molecule has 1 atom stereocenters. The number of ketones is 1. The average molecular weight is 447 g/mol. The fourth-order valence-electron chi connectivity index (χ4n) is 3.83. The van der Waals surface area contributed by atoms with Gasteiger partial charge in [-0.25, -0.2) is 0 Å². The fourth-order valence-corrected chi connectivity index (χ4v) is 3.83. The summed E-state index contributed by atoms with van der Waals surface area (Å²) in [6.45, 7) is 2.69. The van der Waals surface area contributed by atoms with Crippen LogP contribution >= 0.6 is 0 Å². The highest BCUT2D eigenvalue weighted by molar-refractivity contribution is 6.46. The second-order valence-corrected chi connectivity index (χ2v) is 7.65. The highest BCUT2D eigenvalue weighted by Gasteiger charge is 2.46. The van der Waals surface area contributed by atoms with Crippen molar-refractivity contribution < 1.29 is 28.6 Å². The highest BCUT2D eigenvalue weighted by Crippen LogP contribution is 2.40. The number of carbonyl (C=O) groups excluding carboxylic acids is 2. The van der Waals surface area contributed by atoms with E-state index in [1.54, 1.807) is 67.8 Å². The number of hydrogen-bond acceptors (Lipinski definition) is 6. The fraction of sp³-hybridized carbons (Fsp3) is 0.231. The summed E-state index contributed by atoms with van der Waals surface area (Å²) in [6, 6.07) is 16.5. The van der Waals surface area contributed by atoms with Crippen LogP contribution in [-0.4, -0.2) is 35.4 Å². The zero-order chi connectivity index (χ0) is 23.4. The van der Waals surface area contributed by atoms with Gasteiger partial charge in [-0.05, 0) is 60.5 Å². The number of nitrogens with zero attached hydrogens (tertiary/aromatic N) is 1. The Morgan fingerprint density at radius 3 is 2.33 bits per heavy atom. The molecule has 1 aliphatic heterocycles. The molecular weight excluding hydrogens is 422 g/mol. The Kier molecular flexibility index (Phi) is 6.49. The summed E-state index contributed by atoms with van der Waals surface area (Å²) in [5, 5.41) is 11.1. The molecule has 7 heteroatoms. The number of methoxy groups -OCH3 is 1. The van der Waals surface area contributed by atoms with Crippen molar-refractivity contribution in [1.29, 1.82) is 0 Å². The van der Waals surface area contributed by atoms with Gasteiger partial charge in [0.25, 0.3) is 11.7 Å². The van der Waals surface area contributed by atoms with Crippen molar-refractivity contribution in [3.8, 4) is 11.5 Å². The number of rotatable bonds is 8. The van der Waals surface area contributed by atoms with E-state index < -0.39 is 17.7 Å². The molecule has 1 N–H and O–H groups in total. The quantitative estimate of drug-likeness (QED) is 0.306. The van der Waals surface area contributed by atoms with Crippen LogP contribution in [0, 0.1) is 0 Å². The number of ether oxygens (including phenoxy) is 2. The predicted molar refractivity (Wildman–Crippen MR) is 122 cm³/mol. The molecule has 0 saturated carbocycles. The maximum absolute atomic E-state index is 13.1. The van der Waals surface area contributed by atoms with Gasteiger partial charge in [0.15, 0.2) is 0 Å². The summed E-state index contributed by atoms with van der Waals surface area (Å²) in [4.78, 5) is 27.5. The number of benzene rings is 2. The SMILES string of the molecule is CCCOc1ccc(/C(O)=C2/C(=O)C(=O)N(Cc3ccco3)C2c2ccc(OC)cc2)cc1. The summed E-state index contributed by atoms with van der Waals surface area (Å²) < 4.78 is 16.2. The highest BCUT2D eigenvalue weighted by atomic mass is 16.5. The van der Waals surface area contributed by atoms with Crippen molar-refractivity contribution >= 4 is 17.4 Å². The Labute approximate surface area is 191 Å². The van der Waals surface area contributed by atoms with Crippen molar-refractivity contribution in [3.63, 3.8) is 0 Å². The van der Waals surface area contributed by atoms with Gasteiger partial charge < -0.3 is 23.9 Å². The van der Waals surface area contributed by atoms with Crippen LogP contribution in [0.4, 0.5) is 0 Å². The van der Waals surface area contributed by atoms with E-state index in [1.165, 1.54) is 11.2 Å². The van der Waals surface area contributed by atoms with Crippen molar-refractivity contribution in [2.24, 2.45) is 0 Å². The lowest BCUT2D eigenvalue weighted by atomic mass is 9.95. The van der Waals surface area contributed by atoms with Gasteiger partial charge in [-0.15, -0.1) is 0 Å². The standard InChI is InChI=1S/C26H25NO6/c1-3-14-32-20-12-8-18(9-13-20)24(28)22-23(17-6-10-19(31-2)11-7-17)27(26(30)25(22)29)16-21-5-4-15-33-21/h4-13,15,23,28H,3,14,16H2,1-2H3/b24-22-. The molecule has 0 radical (unpaired) electrons. The van der Waals surface area contributed by atoms with E-state index >= 15 is 0 Å². The summed E-state index contributed by atoms with van der Waals surface area (Å²) >= 11 is 0. The second-order valence-electron chi connectivity index (χ2n) is 7.65. The number of aliphatic hydroxyl groups is 1. The number of carbonyl (C=O) groups is 2. The molecule has 1 unspecified atom stereocenters. The average Bonchev–Trinajstić information content (AvgIpc) is 3.45. The van der Waals surface area contributed by atoms with Gasteiger partial charge in [-0.1, -0.05) is 19.1 Å². The van der Waals surface area contributed by atoms with Crippen LogP contribution in [0.3, 0.4) is 0 Å². The van der Waals surface area contributed by atoms with E-state index in [4.69, 9.17) is 13.9 Å². The van der Waals surface area contributed by atoms with E-state index in [1.807, 2.05) is 6.92 Å². The van der Waals surface area contributed by atoms with Gasteiger partial charge >= 0.3 is 0 Å². The zero-order valence-electron chi connectivity index (χ0n) is 18.5. The first kappa shape index (κ1) is 22.2. The van der Waals surface area contributed by atoms with E-state index in [9.17, 15) is 14.7 Å². The number of Topliss-reactive ketones (excluding diaryl/α,β-unsaturated/α-hetero) is 1. The Morgan fingerprint density at radius 1 is 1.03 bits per heavy atom. The Hall–Kier alpha value is -4.00. The van der Waals surface area contributed by atoms with Crippen LogP contribution in [0.1, 0.15) is 36.3 Å². The van der Waals surface area contributed by atoms with E-state index in [0.717, 1.165) is 6.42 Å². The van der Waals surface area contributed by atoms with E-state index in [-0.39, 0.29) is 17.9 Å². The van der Waals surface area contributed by atoms with Gasteiger partial charge in [0.05, 0.1) is 38.1 Å². The number of amides is 1. The van der Waals surface area contributed by atoms with E-state index in [2.05, 4.69) is 0 Å². The van der Waals surface area contributed by atoms with Crippen LogP contribution in [0.2, 0.25) is 0 Å². The number of hydrogen-bond donors (Lipinski definition) is 1. The monoisotopic (exact) mass is 447 g/mol. The topological polar surface area (TPSA) is 89.2 Å². The van der Waals surface area contributed by atoms with Crippen molar-refractivity contribution in [2.45, 2.75) is 25.9 Å². The molecule has 2 heterocycles. The molecule has 0 aliphatic carbocycles. The molecule has 2 aromatic carbocycles.